The molecule has 0 saturated carbocycles. The number of benzene rings is 2. The molecule has 0 N–H and O–H groups in total. The summed E-state index contributed by atoms with van der Waals surface area (Å²) in [6.45, 7) is 5.60. The predicted octanol–water partition coefficient (Wildman–Crippen LogP) is 6.23. The Morgan fingerprint density at radius 2 is 1.81 bits per heavy atom. The van der Waals surface area contributed by atoms with Gasteiger partial charge in [-0.1, -0.05) is 41.9 Å². The van der Waals surface area contributed by atoms with Crippen LogP contribution in [0.1, 0.15) is 24.5 Å². The Balaban J connectivity index is 2.02. The maximum Gasteiger partial charge on any atom is 0.247 e. The molecule has 0 aliphatic rings. The first-order chi connectivity index (χ1) is 15.0. The van der Waals surface area contributed by atoms with Crippen molar-refractivity contribution in [2.24, 2.45) is 0 Å². The summed E-state index contributed by atoms with van der Waals surface area (Å²) in [7, 11) is 0. The summed E-state index contributed by atoms with van der Waals surface area (Å²) in [4.78, 5) is 18.7. The molecule has 0 aliphatic heterocycles. The van der Waals surface area contributed by atoms with E-state index in [0.717, 1.165) is 16.7 Å². The van der Waals surface area contributed by atoms with E-state index in [2.05, 4.69) is 10.1 Å². The summed E-state index contributed by atoms with van der Waals surface area (Å²) in [6.07, 6.45) is 3.55. The SMILES string of the molecule is CCC(=O)N(c1ccccc1C)c1onc(-c2cc(C)ccc2F)c1-c1ccncc1. The van der Waals surface area contributed by atoms with E-state index in [1.165, 1.54) is 11.0 Å². The number of hydrogen-bond acceptors (Lipinski definition) is 4. The molecule has 4 rings (SSSR count). The van der Waals surface area contributed by atoms with Crippen LogP contribution in [0.4, 0.5) is 16.0 Å². The Kier molecular flexibility index (Phi) is 5.62. The van der Waals surface area contributed by atoms with Crippen molar-refractivity contribution in [1.29, 1.82) is 0 Å². The second kappa shape index (κ2) is 8.52. The highest BCUT2D eigenvalue weighted by molar-refractivity contribution is 6.04. The molecule has 0 atom stereocenters. The molecule has 4 aromatic rings. The summed E-state index contributed by atoms with van der Waals surface area (Å²) in [5.74, 6) is -0.315. The van der Waals surface area contributed by atoms with Crippen molar-refractivity contribution in [2.75, 3.05) is 4.90 Å². The van der Waals surface area contributed by atoms with Gasteiger partial charge in [-0.05, 0) is 55.3 Å². The molecular weight excluding hydrogens is 393 g/mol. The van der Waals surface area contributed by atoms with Crippen LogP contribution in [0, 0.1) is 19.7 Å². The predicted molar refractivity (Wildman–Crippen MR) is 118 cm³/mol. The number of amides is 1. The third-order valence-electron chi connectivity index (χ3n) is 5.13. The van der Waals surface area contributed by atoms with Crippen molar-refractivity contribution in [3.63, 3.8) is 0 Å². The van der Waals surface area contributed by atoms with Gasteiger partial charge in [0, 0.05) is 24.4 Å². The highest BCUT2D eigenvalue weighted by atomic mass is 19.1. The molecule has 0 bridgehead atoms. The maximum atomic E-state index is 14.8. The summed E-state index contributed by atoms with van der Waals surface area (Å²) in [5, 5.41) is 4.23. The van der Waals surface area contributed by atoms with Crippen molar-refractivity contribution in [3.8, 4) is 22.4 Å². The number of anilines is 2. The van der Waals surface area contributed by atoms with Gasteiger partial charge >= 0.3 is 0 Å². The molecular formula is C25H22FN3O2. The van der Waals surface area contributed by atoms with E-state index in [4.69, 9.17) is 4.52 Å². The summed E-state index contributed by atoms with van der Waals surface area (Å²) < 4.78 is 20.6. The lowest BCUT2D eigenvalue weighted by atomic mass is 9.99. The standard InChI is InChI=1S/C25H22FN3O2/c1-4-22(30)29(21-8-6-5-7-17(21)3)25-23(18-11-13-27-14-12-18)24(28-31-25)19-15-16(2)9-10-20(19)26/h5-15H,4H2,1-3H3. The molecule has 6 heteroatoms. The fraction of sp³-hybridized carbons (Fsp3) is 0.160. The number of carbonyl (C=O) groups excluding carboxylic acids is 1. The smallest absolute Gasteiger partial charge is 0.247 e. The second-order valence-corrected chi connectivity index (χ2v) is 7.30. The molecule has 0 aliphatic carbocycles. The van der Waals surface area contributed by atoms with E-state index >= 15 is 0 Å². The molecule has 0 saturated heterocycles. The maximum absolute atomic E-state index is 14.8. The number of aromatic nitrogens is 2. The highest BCUT2D eigenvalue weighted by Gasteiger charge is 2.30. The van der Waals surface area contributed by atoms with Crippen LogP contribution >= 0.6 is 0 Å². The zero-order chi connectivity index (χ0) is 22.0. The van der Waals surface area contributed by atoms with Crippen molar-refractivity contribution in [1.82, 2.24) is 10.1 Å². The molecule has 2 aromatic heterocycles. The number of pyridine rings is 1. The van der Waals surface area contributed by atoms with Crippen LogP contribution < -0.4 is 4.90 Å². The lowest BCUT2D eigenvalue weighted by Crippen LogP contribution is -2.25. The van der Waals surface area contributed by atoms with Crippen LogP contribution in [-0.2, 0) is 4.79 Å². The van der Waals surface area contributed by atoms with Crippen LogP contribution in [0.15, 0.2) is 71.5 Å². The van der Waals surface area contributed by atoms with E-state index in [9.17, 15) is 9.18 Å². The van der Waals surface area contributed by atoms with E-state index in [0.29, 0.717) is 22.5 Å². The first kappa shape index (κ1) is 20.5. The lowest BCUT2D eigenvalue weighted by Gasteiger charge is -2.22. The zero-order valence-corrected chi connectivity index (χ0v) is 17.6. The Morgan fingerprint density at radius 3 is 2.52 bits per heavy atom. The van der Waals surface area contributed by atoms with Crippen molar-refractivity contribution < 1.29 is 13.7 Å². The molecule has 156 valence electrons. The van der Waals surface area contributed by atoms with Gasteiger partial charge in [0.25, 0.3) is 0 Å². The number of hydrogen-bond donors (Lipinski definition) is 0. The first-order valence-corrected chi connectivity index (χ1v) is 10.1. The van der Waals surface area contributed by atoms with Gasteiger partial charge in [0.2, 0.25) is 11.8 Å². The molecule has 2 aromatic carbocycles. The molecule has 1 amide bonds. The molecule has 0 radical (unpaired) electrons. The third kappa shape index (κ3) is 3.84. The Morgan fingerprint density at radius 1 is 1.06 bits per heavy atom. The number of aryl methyl sites for hydroxylation is 2. The van der Waals surface area contributed by atoms with Crippen molar-refractivity contribution in [2.45, 2.75) is 27.2 Å². The lowest BCUT2D eigenvalue weighted by molar-refractivity contribution is -0.117. The molecule has 0 fully saturated rings. The molecule has 0 unspecified atom stereocenters. The highest BCUT2D eigenvalue weighted by Crippen LogP contribution is 2.43. The van der Waals surface area contributed by atoms with Gasteiger partial charge in [-0.15, -0.1) is 0 Å². The first-order valence-electron chi connectivity index (χ1n) is 10.1. The Bertz CT molecular complexity index is 1230. The summed E-state index contributed by atoms with van der Waals surface area (Å²) >= 11 is 0. The monoisotopic (exact) mass is 415 g/mol. The number of para-hydroxylation sites is 1. The average Bonchev–Trinajstić information content (AvgIpc) is 3.21. The minimum Gasteiger partial charge on any atom is -0.336 e. The van der Waals surface area contributed by atoms with Gasteiger partial charge in [-0.3, -0.25) is 9.78 Å². The van der Waals surface area contributed by atoms with Crippen LogP contribution in [-0.4, -0.2) is 16.0 Å². The largest absolute Gasteiger partial charge is 0.336 e. The van der Waals surface area contributed by atoms with Gasteiger partial charge < -0.3 is 4.52 Å². The second-order valence-electron chi connectivity index (χ2n) is 7.30. The molecule has 5 nitrogen and oxygen atoms in total. The molecule has 2 heterocycles. The van der Waals surface area contributed by atoms with Gasteiger partial charge in [-0.2, -0.15) is 0 Å². The van der Waals surface area contributed by atoms with E-state index in [1.54, 1.807) is 43.6 Å². The van der Waals surface area contributed by atoms with Crippen LogP contribution in [0.25, 0.3) is 22.4 Å². The zero-order valence-electron chi connectivity index (χ0n) is 17.6. The number of halogens is 1. The van der Waals surface area contributed by atoms with E-state index < -0.39 is 5.82 Å². The number of nitrogens with zero attached hydrogens (tertiary/aromatic N) is 3. The van der Waals surface area contributed by atoms with Crippen LogP contribution in [0.3, 0.4) is 0 Å². The van der Waals surface area contributed by atoms with Gasteiger partial charge in [0.05, 0.1) is 11.3 Å². The van der Waals surface area contributed by atoms with Crippen molar-refractivity contribution in [3.05, 3.63) is 83.9 Å². The molecule has 31 heavy (non-hydrogen) atoms. The third-order valence-corrected chi connectivity index (χ3v) is 5.13. The molecule has 0 spiro atoms. The summed E-state index contributed by atoms with van der Waals surface area (Å²) in [6, 6.07) is 16.0. The normalized spacial score (nSPS) is 10.8. The average molecular weight is 415 g/mol. The van der Waals surface area contributed by atoms with E-state index in [1.807, 2.05) is 38.1 Å². The van der Waals surface area contributed by atoms with Gasteiger partial charge in [0.1, 0.15) is 11.5 Å². The quantitative estimate of drug-likeness (QED) is 0.387. The van der Waals surface area contributed by atoms with Crippen LogP contribution in [0.5, 0.6) is 0 Å². The minimum atomic E-state index is -0.412. The fourth-order valence-corrected chi connectivity index (χ4v) is 3.55. The van der Waals surface area contributed by atoms with Gasteiger partial charge in [0.15, 0.2) is 0 Å². The van der Waals surface area contributed by atoms with Crippen LogP contribution in [0.2, 0.25) is 0 Å². The van der Waals surface area contributed by atoms with E-state index in [-0.39, 0.29) is 18.2 Å². The number of rotatable bonds is 5. The van der Waals surface area contributed by atoms with Crippen molar-refractivity contribution >= 4 is 17.5 Å². The number of carbonyl (C=O) groups is 1. The van der Waals surface area contributed by atoms with Gasteiger partial charge in [-0.25, -0.2) is 9.29 Å². The fourth-order valence-electron chi connectivity index (χ4n) is 3.55. The minimum absolute atomic E-state index is 0.156. The Labute approximate surface area is 180 Å². The Hall–Kier alpha value is -3.80. The summed E-state index contributed by atoms with van der Waals surface area (Å²) in [5.41, 5.74) is 4.41. The topological polar surface area (TPSA) is 59.2 Å².